The Balaban J connectivity index is 2.12. The Kier molecular flexibility index (Phi) is 4.71. The van der Waals surface area contributed by atoms with Gasteiger partial charge in [-0.3, -0.25) is 9.59 Å². The number of amides is 1. The van der Waals surface area contributed by atoms with Crippen LogP contribution in [0.1, 0.15) is 35.4 Å². The van der Waals surface area contributed by atoms with E-state index in [1.165, 1.54) is 12.1 Å². The largest absolute Gasteiger partial charge is 0.497 e. The number of nitrogens with one attached hydrogen (secondary N) is 2. The van der Waals surface area contributed by atoms with Crippen LogP contribution in [0.2, 0.25) is 0 Å². The topological polar surface area (TPSA) is 84.1 Å². The van der Waals surface area contributed by atoms with Crippen molar-refractivity contribution in [3.05, 3.63) is 58.0 Å². The maximum absolute atomic E-state index is 12.1. The molecule has 21 heavy (non-hydrogen) atoms. The molecule has 0 aliphatic rings. The highest BCUT2D eigenvalue weighted by Gasteiger charge is 2.15. The molecule has 0 spiro atoms. The molecule has 0 bridgehead atoms. The predicted octanol–water partition coefficient (Wildman–Crippen LogP) is 1.66. The van der Waals surface area contributed by atoms with E-state index in [9.17, 15) is 9.59 Å². The first-order valence-corrected chi connectivity index (χ1v) is 6.64. The first-order valence-electron chi connectivity index (χ1n) is 6.64. The molecule has 0 radical (unpaired) electrons. The van der Waals surface area contributed by atoms with Crippen LogP contribution in [-0.2, 0) is 0 Å². The second-order valence-corrected chi connectivity index (χ2v) is 4.51. The molecule has 2 N–H and O–H groups in total. The van der Waals surface area contributed by atoms with E-state index in [2.05, 4.69) is 15.5 Å². The van der Waals surface area contributed by atoms with Gasteiger partial charge in [0.1, 0.15) is 11.4 Å². The summed E-state index contributed by atoms with van der Waals surface area (Å²) in [5.41, 5.74) is 0.825. The average Bonchev–Trinajstić information content (AvgIpc) is 2.53. The summed E-state index contributed by atoms with van der Waals surface area (Å²) < 4.78 is 5.11. The van der Waals surface area contributed by atoms with E-state index in [0.717, 1.165) is 17.7 Å². The van der Waals surface area contributed by atoms with Crippen LogP contribution >= 0.6 is 0 Å². The quantitative estimate of drug-likeness (QED) is 0.876. The zero-order valence-corrected chi connectivity index (χ0v) is 11.9. The maximum atomic E-state index is 12.1. The maximum Gasteiger partial charge on any atom is 0.272 e. The molecule has 0 aliphatic heterocycles. The number of rotatable bonds is 5. The highest BCUT2D eigenvalue weighted by atomic mass is 16.5. The minimum atomic E-state index is -0.339. The van der Waals surface area contributed by atoms with Crippen molar-refractivity contribution in [3.63, 3.8) is 0 Å². The van der Waals surface area contributed by atoms with E-state index in [0.29, 0.717) is 0 Å². The molecule has 2 aromatic rings. The Hall–Kier alpha value is -2.63. The summed E-state index contributed by atoms with van der Waals surface area (Å²) in [5.74, 6) is 0.441. The summed E-state index contributed by atoms with van der Waals surface area (Å²) in [5, 5.41) is 8.85. The number of nitrogens with zero attached hydrogens (tertiary/aromatic N) is 1. The fraction of sp³-hybridized carbons (Fsp3) is 0.267. The normalized spacial score (nSPS) is 11.7. The van der Waals surface area contributed by atoms with Crippen LogP contribution in [0.25, 0.3) is 0 Å². The van der Waals surface area contributed by atoms with Crippen molar-refractivity contribution in [2.75, 3.05) is 7.11 Å². The van der Waals surface area contributed by atoms with Crippen molar-refractivity contribution in [2.45, 2.75) is 19.4 Å². The molecule has 1 amide bonds. The van der Waals surface area contributed by atoms with Gasteiger partial charge in [-0.2, -0.15) is 5.10 Å². The lowest BCUT2D eigenvalue weighted by atomic mass is 10.0. The van der Waals surface area contributed by atoms with Gasteiger partial charge < -0.3 is 10.1 Å². The van der Waals surface area contributed by atoms with Crippen LogP contribution in [0.3, 0.4) is 0 Å². The molecule has 6 nitrogen and oxygen atoms in total. The van der Waals surface area contributed by atoms with Crippen LogP contribution in [0.4, 0.5) is 0 Å². The summed E-state index contributed by atoms with van der Waals surface area (Å²) in [4.78, 5) is 23.0. The number of aromatic nitrogens is 2. The van der Waals surface area contributed by atoms with Gasteiger partial charge in [-0.1, -0.05) is 19.1 Å². The fourth-order valence-corrected chi connectivity index (χ4v) is 1.96. The Bertz CT molecular complexity index is 644. The molecule has 0 fully saturated rings. The lowest BCUT2D eigenvalue weighted by Gasteiger charge is -2.17. The van der Waals surface area contributed by atoms with Gasteiger partial charge in [0.25, 0.3) is 11.5 Å². The molecule has 1 heterocycles. The van der Waals surface area contributed by atoms with Crippen molar-refractivity contribution in [1.82, 2.24) is 15.5 Å². The van der Waals surface area contributed by atoms with E-state index >= 15 is 0 Å². The zero-order chi connectivity index (χ0) is 15.2. The number of carbonyl (C=O) groups excluding carboxylic acids is 1. The molecule has 0 saturated carbocycles. The molecule has 1 atom stereocenters. The van der Waals surface area contributed by atoms with Crippen molar-refractivity contribution in [1.29, 1.82) is 0 Å². The number of ether oxygens (including phenoxy) is 1. The molecule has 1 aromatic heterocycles. The third kappa shape index (κ3) is 3.68. The zero-order valence-electron chi connectivity index (χ0n) is 11.9. The van der Waals surface area contributed by atoms with E-state index in [1.54, 1.807) is 7.11 Å². The molecule has 6 heteroatoms. The number of benzene rings is 1. The highest BCUT2D eigenvalue weighted by Crippen LogP contribution is 2.20. The van der Waals surface area contributed by atoms with Crippen molar-refractivity contribution < 1.29 is 9.53 Å². The van der Waals surface area contributed by atoms with Gasteiger partial charge in [0.15, 0.2) is 0 Å². The van der Waals surface area contributed by atoms with Crippen molar-refractivity contribution >= 4 is 5.91 Å². The summed E-state index contributed by atoms with van der Waals surface area (Å²) in [6, 6.07) is 10.1. The van der Waals surface area contributed by atoms with Crippen LogP contribution in [0, 0.1) is 0 Å². The molecule has 2 rings (SSSR count). The third-order valence-electron chi connectivity index (χ3n) is 3.14. The number of carbonyl (C=O) groups is 1. The molecule has 1 unspecified atom stereocenters. The van der Waals surface area contributed by atoms with E-state index in [4.69, 9.17) is 4.74 Å². The summed E-state index contributed by atoms with van der Waals surface area (Å²) in [6.45, 7) is 1.98. The molecular weight excluding hydrogens is 270 g/mol. The minimum Gasteiger partial charge on any atom is -0.497 e. The summed E-state index contributed by atoms with van der Waals surface area (Å²) in [7, 11) is 1.61. The lowest BCUT2D eigenvalue weighted by molar-refractivity contribution is 0.0929. The predicted molar refractivity (Wildman–Crippen MR) is 78.3 cm³/mol. The first kappa shape index (κ1) is 14.8. The third-order valence-corrected chi connectivity index (χ3v) is 3.14. The number of hydrogen-bond donors (Lipinski definition) is 2. The molecule has 110 valence electrons. The molecular formula is C15H17N3O3. The van der Waals surface area contributed by atoms with E-state index in [-0.39, 0.29) is 23.2 Å². The SMILES string of the molecule is CCC(NC(=O)c1ccc(=O)[nH]n1)c1ccc(OC)cc1. The van der Waals surface area contributed by atoms with Gasteiger partial charge in [0.2, 0.25) is 0 Å². The van der Waals surface area contributed by atoms with Gasteiger partial charge >= 0.3 is 0 Å². The van der Waals surface area contributed by atoms with Crippen LogP contribution < -0.4 is 15.6 Å². The number of methoxy groups -OCH3 is 1. The van der Waals surface area contributed by atoms with E-state index < -0.39 is 0 Å². The Morgan fingerprint density at radius 1 is 1.29 bits per heavy atom. The van der Waals surface area contributed by atoms with Crippen LogP contribution in [0.5, 0.6) is 5.75 Å². The molecule has 0 saturated heterocycles. The Labute approximate surface area is 122 Å². The van der Waals surface area contributed by atoms with Gasteiger partial charge in [-0.05, 0) is 30.2 Å². The standard InChI is InChI=1S/C15H17N3O3/c1-3-12(10-4-6-11(21-2)7-5-10)16-15(20)13-8-9-14(19)18-17-13/h4-9,12H,3H2,1-2H3,(H,16,20)(H,18,19). The molecule has 0 aliphatic carbocycles. The van der Waals surface area contributed by atoms with Crippen LogP contribution in [-0.4, -0.2) is 23.2 Å². The number of hydrogen-bond acceptors (Lipinski definition) is 4. The number of aromatic amines is 1. The first-order chi connectivity index (χ1) is 10.1. The average molecular weight is 287 g/mol. The van der Waals surface area contributed by atoms with Crippen LogP contribution in [0.15, 0.2) is 41.2 Å². The highest BCUT2D eigenvalue weighted by molar-refractivity contribution is 5.92. The van der Waals surface area contributed by atoms with Gasteiger partial charge in [0.05, 0.1) is 13.2 Å². The van der Waals surface area contributed by atoms with Gasteiger partial charge in [0, 0.05) is 6.07 Å². The smallest absolute Gasteiger partial charge is 0.272 e. The Morgan fingerprint density at radius 2 is 2.00 bits per heavy atom. The summed E-state index contributed by atoms with van der Waals surface area (Å²) in [6.07, 6.45) is 0.738. The fourth-order valence-electron chi connectivity index (χ4n) is 1.96. The Morgan fingerprint density at radius 3 is 2.52 bits per heavy atom. The minimum absolute atomic E-state index is 0.128. The van der Waals surface area contributed by atoms with Crippen molar-refractivity contribution in [3.8, 4) is 5.75 Å². The molecule has 1 aromatic carbocycles. The van der Waals surface area contributed by atoms with Gasteiger partial charge in [-0.15, -0.1) is 0 Å². The van der Waals surface area contributed by atoms with Crippen molar-refractivity contribution in [2.24, 2.45) is 0 Å². The monoisotopic (exact) mass is 287 g/mol. The lowest BCUT2D eigenvalue weighted by Crippen LogP contribution is -2.29. The second-order valence-electron chi connectivity index (χ2n) is 4.51. The number of H-pyrrole nitrogens is 1. The van der Waals surface area contributed by atoms with Gasteiger partial charge in [-0.25, -0.2) is 5.10 Å². The second kappa shape index (κ2) is 6.69. The van der Waals surface area contributed by atoms with E-state index in [1.807, 2.05) is 31.2 Å². The summed E-state index contributed by atoms with van der Waals surface area (Å²) >= 11 is 0.